The first kappa shape index (κ1) is 14.0. The quantitative estimate of drug-likeness (QED) is 0.705. The maximum Gasteiger partial charge on any atom is 0.213 e. The molecule has 1 rings (SSSR count). The number of hydrogen-bond donors (Lipinski definition) is 1. The summed E-state index contributed by atoms with van der Waals surface area (Å²) < 4.78 is 5.57. The van der Waals surface area contributed by atoms with Crippen LogP contribution in [0.2, 0.25) is 0 Å². The van der Waals surface area contributed by atoms with Crippen LogP contribution in [0.4, 0.5) is 0 Å². The van der Waals surface area contributed by atoms with Gasteiger partial charge in [0.2, 0.25) is 5.88 Å². The molecule has 0 aliphatic rings. The van der Waals surface area contributed by atoms with E-state index in [1.807, 2.05) is 12.3 Å². The molecular weight excluding hydrogens is 212 g/mol. The Morgan fingerprint density at radius 1 is 1.35 bits per heavy atom. The van der Waals surface area contributed by atoms with Gasteiger partial charge in [-0.15, -0.1) is 0 Å². The molecule has 0 aromatic carbocycles. The summed E-state index contributed by atoms with van der Waals surface area (Å²) in [6, 6.07) is 4.02. The maximum atomic E-state index is 5.57. The van der Waals surface area contributed by atoms with Gasteiger partial charge in [-0.3, -0.25) is 0 Å². The lowest BCUT2D eigenvalue weighted by Gasteiger charge is -2.08. The van der Waals surface area contributed by atoms with Crippen molar-refractivity contribution in [3.05, 3.63) is 23.9 Å². The zero-order chi connectivity index (χ0) is 12.5. The minimum absolute atomic E-state index is 0.674. The number of nitrogens with one attached hydrogen (secondary N) is 1. The van der Waals surface area contributed by atoms with Crippen LogP contribution in [0.15, 0.2) is 18.3 Å². The summed E-state index contributed by atoms with van der Waals surface area (Å²) in [6.45, 7) is 9.23. The number of aromatic nitrogens is 1. The Hall–Kier alpha value is -1.09. The molecule has 0 amide bonds. The van der Waals surface area contributed by atoms with Gasteiger partial charge >= 0.3 is 0 Å². The first-order valence-corrected chi connectivity index (χ1v) is 6.50. The molecule has 0 saturated carbocycles. The molecule has 1 aromatic heterocycles. The topological polar surface area (TPSA) is 34.1 Å². The summed E-state index contributed by atoms with van der Waals surface area (Å²) in [4.78, 5) is 4.29. The highest BCUT2D eigenvalue weighted by Crippen LogP contribution is 2.09. The Balaban J connectivity index is 2.29. The summed E-state index contributed by atoms with van der Waals surface area (Å²) in [6.07, 6.45) is 4.11. The van der Waals surface area contributed by atoms with Crippen LogP contribution in [0.25, 0.3) is 0 Å². The Morgan fingerprint density at radius 2 is 2.18 bits per heavy atom. The molecule has 0 unspecified atom stereocenters. The molecule has 3 nitrogen and oxygen atoms in total. The molecule has 0 aliphatic carbocycles. The minimum atomic E-state index is 0.674. The Morgan fingerprint density at radius 3 is 2.76 bits per heavy atom. The molecule has 96 valence electrons. The van der Waals surface area contributed by atoms with E-state index in [-0.39, 0.29) is 0 Å². The fourth-order valence-electron chi connectivity index (χ4n) is 1.41. The second-order valence-electron chi connectivity index (χ2n) is 4.71. The lowest BCUT2D eigenvalue weighted by Crippen LogP contribution is -2.13. The van der Waals surface area contributed by atoms with E-state index in [1.54, 1.807) is 0 Å². The van der Waals surface area contributed by atoms with Crippen LogP contribution < -0.4 is 10.1 Å². The van der Waals surface area contributed by atoms with Crippen molar-refractivity contribution in [3.63, 3.8) is 0 Å². The van der Waals surface area contributed by atoms with Gasteiger partial charge in [0, 0.05) is 18.8 Å². The van der Waals surface area contributed by atoms with Crippen LogP contribution in [0.1, 0.15) is 39.2 Å². The lowest BCUT2D eigenvalue weighted by atomic mass is 10.1. The maximum absolute atomic E-state index is 5.57. The van der Waals surface area contributed by atoms with Crippen molar-refractivity contribution in [1.29, 1.82) is 0 Å². The fraction of sp³-hybridized carbons (Fsp3) is 0.643. The molecule has 0 spiro atoms. The third-order valence-corrected chi connectivity index (χ3v) is 2.50. The van der Waals surface area contributed by atoms with Crippen LogP contribution in [-0.4, -0.2) is 18.1 Å². The van der Waals surface area contributed by atoms with E-state index in [4.69, 9.17) is 4.74 Å². The molecule has 0 aliphatic heterocycles. The summed E-state index contributed by atoms with van der Waals surface area (Å²) in [5, 5.41) is 3.35. The Labute approximate surface area is 105 Å². The highest BCUT2D eigenvalue weighted by Gasteiger charge is 1.98. The molecule has 3 heteroatoms. The molecule has 0 atom stereocenters. The van der Waals surface area contributed by atoms with Crippen molar-refractivity contribution in [3.8, 4) is 5.88 Å². The molecule has 17 heavy (non-hydrogen) atoms. The number of rotatable bonds is 8. The summed E-state index contributed by atoms with van der Waals surface area (Å²) in [5.74, 6) is 1.40. The second-order valence-corrected chi connectivity index (χ2v) is 4.71. The van der Waals surface area contributed by atoms with Crippen molar-refractivity contribution in [2.45, 2.75) is 40.2 Å². The molecule has 0 fully saturated rings. The van der Waals surface area contributed by atoms with E-state index in [0.717, 1.165) is 38.4 Å². The first-order valence-electron chi connectivity index (χ1n) is 6.50. The van der Waals surface area contributed by atoms with Crippen molar-refractivity contribution in [2.24, 2.45) is 5.92 Å². The normalized spacial score (nSPS) is 10.8. The van der Waals surface area contributed by atoms with Gasteiger partial charge in [0.1, 0.15) is 0 Å². The van der Waals surface area contributed by atoms with Crippen LogP contribution in [0.5, 0.6) is 5.88 Å². The van der Waals surface area contributed by atoms with E-state index in [1.165, 1.54) is 5.56 Å². The number of pyridine rings is 1. The van der Waals surface area contributed by atoms with E-state index in [2.05, 4.69) is 37.1 Å². The van der Waals surface area contributed by atoms with E-state index >= 15 is 0 Å². The number of nitrogens with zero attached hydrogens (tertiary/aromatic N) is 1. The molecule has 1 N–H and O–H groups in total. The van der Waals surface area contributed by atoms with Gasteiger partial charge in [-0.05, 0) is 30.9 Å². The summed E-state index contributed by atoms with van der Waals surface area (Å²) >= 11 is 0. The van der Waals surface area contributed by atoms with Gasteiger partial charge in [-0.2, -0.15) is 0 Å². The largest absolute Gasteiger partial charge is 0.478 e. The first-order chi connectivity index (χ1) is 8.22. The summed E-state index contributed by atoms with van der Waals surface area (Å²) in [7, 11) is 0. The van der Waals surface area contributed by atoms with Crippen LogP contribution in [-0.2, 0) is 6.54 Å². The third kappa shape index (κ3) is 6.27. The Kier molecular flexibility index (Phi) is 6.63. The highest BCUT2D eigenvalue weighted by molar-refractivity contribution is 5.17. The zero-order valence-electron chi connectivity index (χ0n) is 11.2. The van der Waals surface area contributed by atoms with E-state index < -0.39 is 0 Å². The smallest absolute Gasteiger partial charge is 0.213 e. The predicted octanol–water partition coefficient (Wildman–Crippen LogP) is 3.01. The molecular formula is C14H24N2O. The Bertz CT molecular complexity index is 296. The summed E-state index contributed by atoms with van der Waals surface area (Å²) in [5.41, 5.74) is 1.20. The van der Waals surface area contributed by atoms with Crippen molar-refractivity contribution in [1.82, 2.24) is 10.3 Å². The van der Waals surface area contributed by atoms with Crippen LogP contribution in [0.3, 0.4) is 0 Å². The molecule has 1 aromatic rings. The SMILES string of the molecule is CCCNCc1ccc(OCCC(C)C)nc1. The van der Waals surface area contributed by atoms with Crippen LogP contribution >= 0.6 is 0 Å². The van der Waals surface area contributed by atoms with Gasteiger partial charge < -0.3 is 10.1 Å². The number of ether oxygens (including phenoxy) is 1. The number of hydrogen-bond acceptors (Lipinski definition) is 3. The average molecular weight is 236 g/mol. The third-order valence-electron chi connectivity index (χ3n) is 2.50. The molecule has 0 bridgehead atoms. The fourth-order valence-corrected chi connectivity index (χ4v) is 1.41. The van der Waals surface area contributed by atoms with E-state index in [9.17, 15) is 0 Å². The van der Waals surface area contributed by atoms with Crippen molar-refractivity contribution >= 4 is 0 Å². The predicted molar refractivity (Wildman–Crippen MR) is 71.2 cm³/mol. The van der Waals surface area contributed by atoms with E-state index in [0.29, 0.717) is 5.92 Å². The van der Waals surface area contributed by atoms with Gasteiger partial charge in [0.25, 0.3) is 0 Å². The standard InChI is InChI=1S/C14H24N2O/c1-4-8-15-10-13-5-6-14(16-11-13)17-9-7-12(2)3/h5-6,11-12,15H,4,7-10H2,1-3H3. The monoisotopic (exact) mass is 236 g/mol. The van der Waals surface area contributed by atoms with Gasteiger partial charge in [-0.1, -0.05) is 26.8 Å². The van der Waals surface area contributed by atoms with Crippen molar-refractivity contribution in [2.75, 3.05) is 13.2 Å². The average Bonchev–Trinajstić information content (AvgIpc) is 2.31. The molecule has 1 heterocycles. The van der Waals surface area contributed by atoms with Crippen LogP contribution in [0, 0.1) is 5.92 Å². The zero-order valence-corrected chi connectivity index (χ0v) is 11.2. The van der Waals surface area contributed by atoms with Gasteiger partial charge in [0.15, 0.2) is 0 Å². The molecule has 0 radical (unpaired) electrons. The van der Waals surface area contributed by atoms with Gasteiger partial charge in [0.05, 0.1) is 6.61 Å². The minimum Gasteiger partial charge on any atom is -0.478 e. The van der Waals surface area contributed by atoms with Gasteiger partial charge in [-0.25, -0.2) is 4.98 Å². The molecule has 0 saturated heterocycles. The lowest BCUT2D eigenvalue weighted by molar-refractivity contribution is 0.279. The highest BCUT2D eigenvalue weighted by atomic mass is 16.5. The second kappa shape index (κ2) is 8.07. The van der Waals surface area contributed by atoms with Crippen molar-refractivity contribution < 1.29 is 4.74 Å².